The third-order valence-corrected chi connectivity index (χ3v) is 4.40. The maximum atomic E-state index is 12.0. The molecule has 1 amide bonds. The molecule has 126 valence electrons. The fraction of sp³-hybridized carbons (Fsp3) is 0.350. The smallest absolute Gasteiger partial charge is 0.225 e. The summed E-state index contributed by atoms with van der Waals surface area (Å²) < 4.78 is 11.4. The Hall–Kier alpha value is -2.49. The molecule has 1 fully saturated rings. The Morgan fingerprint density at radius 1 is 1.12 bits per heavy atom. The van der Waals surface area contributed by atoms with Gasteiger partial charge in [-0.1, -0.05) is 36.4 Å². The summed E-state index contributed by atoms with van der Waals surface area (Å²) in [4.78, 5) is 13.7. The van der Waals surface area contributed by atoms with Crippen molar-refractivity contribution >= 4 is 5.91 Å². The third kappa shape index (κ3) is 3.53. The Bertz CT molecular complexity index is 712. The number of methoxy groups -OCH3 is 1. The topological polar surface area (TPSA) is 38.8 Å². The minimum atomic E-state index is 0.0980. The zero-order chi connectivity index (χ0) is 17.1. The summed E-state index contributed by atoms with van der Waals surface area (Å²) in [6, 6.07) is 16.0. The van der Waals surface area contributed by atoms with Crippen LogP contribution in [0.3, 0.4) is 0 Å². The average Bonchev–Trinajstić information content (AvgIpc) is 3.40. The molecule has 0 heterocycles. The lowest BCUT2D eigenvalue weighted by Gasteiger charge is -2.13. The summed E-state index contributed by atoms with van der Waals surface area (Å²) in [6.07, 6.45) is 0.907. The molecule has 2 aromatic carbocycles. The lowest BCUT2D eigenvalue weighted by atomic mass is 10.1. The highest BCUT2D eigenvalue weighted by molar-refractivity contribution is 5.82. The molecule has 4 nitrogen and oxygen atoms in total. The monoisotopic (exact) mass is 325 g/mol. The molecule has 0 spiro atoms. The van der Waals surface area contributed by atoms with Crippen molar-refractivity contribution in [2.75, 3.05) is 21.2 Å². The Balaban J connectivity index is 1.69. The van der Waals surface area contributed by atoms with Crippen molar-refractivity contribution in [2.24, 2.45) is 5.92 Å². The number of hydrogen-bond acceptors (Lipinski definition) is 3. The summed E-state index contributed by atoms with van der Waals surface area (Å²) >= 11 is 0. The molecule has 24 heavy (non-hydrogen) atoms. The number of rotatable bonds is 6. The van der Waals surface area contributed by atoms with Crippen LogP contribution >= 0.6 is 0 Å². The van der Waals surface area contributed by atoms with Crippen molar-refractivity contribution in [1.29, 1.82) is 0 Å². The molecule has 2 atom stereocenters. The normalized spacial score (nSPS) is 18.8. The maximum absolute atomic E-state index is 12.0. The van der Waals surface area contributed by atoms with Crippen molar-refractivity contribution in [3.63, 3.8) is 0 Å². The summed E-state index contributed by atoms with van der Waals surface area (Å²) in [6.45, 7) is 0.502. The van der Waals surface area contributed by atoms with Crippen LogP contribution in [0.25, 0.3) is 0 Å². The van der Waals surface area contributed by atoms with Gasteiger partial charge in [-0.25, -0.2) is 0 Å². The standard InChI is InChI=1S/C20H23NO3/c1-21(2)20(22)17-12-16(17)15-9-10-18(19(11-15)23-3)24-13-14-7-5-4-6-8-14/h4-11,16-17H,12-13H2,1-3H3/t16-,17+/m1/s1. The van der Waals surface area contributed by atoms with E-state index in [2.05, 4.69) is 0 Å². The number of carbonyl (C=O) groups excluding carboxylic acids is 1. The summed E-state index contributed by atoms with van der Waals surface area (Å²) in [7, 11) is 5.25. The van der Waals surface area contributed by atoms with Gasteiger partial charge in [0.1, 0.15) is 6.61 Å². The van der Waals surface area contributed by atoms with E-state index in [1.165, 1.54) is 0 Å². The number of carbonyl (C=O) groups is 1. The molecule has 0 aromatic heterocycles. The van der Waals surface area contributed by atoms with E-state index in [9.17, 15) is 4.79 Å². The second-order valence-electron chi connectivity index (χ2n) is 6.37. The first-order chi connectivity index (χ1) is 11.6. The number of hydrogen-bond donors (Lipinski definition) is 0. The molecule has 1 aliphatic rings. The quantitative estimate of drug-likeness (QED) is 0.816. The zero-order valence-electron chi connectivity index (χ0n) is 14.4. The summed E-state index contributed by atoms with van der Waals surface area (Å²) in [5, 5.41) is 0. The molecule has 1 saturated carbocycles. The number of ether oxygens (including phenoxy) is 2. The van der Waals surface area contributed by atoms with Gasteiger partial charge in [-0.2, -0.15) is 0 Å². The fourth-order valence-electron chi connectivity index (χ4n) is 2.94. The van der Waals surface area contributed by atoms with Gasteiger partial charge < -0.3 is 14.4 Å². The van der Waals surface area contributed by atoms with Gasteiger partial charge in [-0.3, -0.25) is 4.79 Å². The number of nitrogens with zero attached hydrogens (tertiary/aromatic N) is 1. The SMILES string of the molecule is COc1cc([C@H]2C[C@@H]2C(=O)N(C)C)ccc1OCc1ccccc1. The van der Waals surface area contributed by atoms with Crippen molar-refractivity contribution < 1.29 is 14.3 Å². The molecule has 3 rings (SSSR count). The van der Waals surface area contributed by atoms with Gasteiger partial charge in [0.2, 0.25) is 5.91 Å². The lowest BCUT2D eigenvalue weighted by Crippen LogP contribution is -2.23. The molecule has 0 saturated heterocycles. The molecule has 0 bridgehead atoms. The van der Waals surface area contributed by atoms with Crippen LogP contribution in [-0.4, -0.2) is 32.0 Å². The van der Waals surface area contributed by atoms with E-state index in [4.69, 9.17) is 9.47 Å². The Labute approximate surface area is 143 Å². The van der Waals surface area contributed by atoms with E-state index in [-0.39, 0.29) is 17.7 Å². The molecule has 1 aliphatic carbocycles. The van der Waals surface area contributed by atoms with E-state index in [1.54, 1.807) is 26.1 Å². The largest absolute Gasteiger partial charge is 0.493 e. The second-order valence-corrected chi connectivity index (χ2v) is 6.37. The first-order valence-electron chi connectivity index (χ1n) is 8.16. The minimum absolute atomic E-state index is 0.0980. The van der Waals surface area contributed by atoms with Gasteiger partial charge >= 0.3 is 0 Å². The van der Waals surface area contributed by atoms with E-state index in [0.717, 1.165) is 23.3 Å². The zero-order valence-corrected chi connectivity index (χ0v) is 14.4. The van der Waals surface area contributed by atoms with Crippen molar-refractivity contribution in [3.05, 3.63) is 59.7 Å². The molecule has 4 heteroatoms. The van der Waals surface area contributed by atoms with Crippen LogP contribution in [-0.2, 0) is 11.4 Å². The average molecular weight is 325 g/mol. The van der Waals surface area contributed by atoms with Crippen LogP contribution in [0.15, 0.2) is 48.5 Å². The molecular weight excluding hydrogens is 302 g/mol. The van der Waals surface area contributed by atoms with Crippen molar-refractivity contribution in [1.82, 2.24) is 4.90 Å². The van der Waals surface area contributed by atoms with Crippen molar-refractivity contribution in [3.8, 4) is 11.5 Å². The Kier molecular flexibility index (Phi) is 4.74. The molecule has 0 N–H and O–H groups in total. The highest BCUT2D eigenvalue weighted by atomic mass is 16.5. The number of amides is 1. The molecule has 0 aliphatic heterocycles. The maximum Gasteiger partial charge on any atom is 0.225 e. The van der Waals surface area contributed by atoms with Crippen LogP contribution in [0, 0.1) is 5.92 Å². The van der Waals surface area contributed by atoms with Crippen LogP contribution in [0.2, 0.25) is 0 Å². The number of benzene rings is 2. The Morgan fingerprint density at radius 3 is 2.54 bits per heavy atom. The van der Waals surface area contributed by atoms with Gasteiger partial charge in [-0.05, 0) is 35.6 Å². The van der Waals surface area contributed by atoms with Crippen LogP contribution in [0.5, 0.6) is 11.5 Å². The van der Waals surface area contributed by atoms with Gasteiger partial charge in [0, 0.05) is 20.0 Å². The first kappa shape index (κ1) is 16.4. The van der Waals surface area contributed by atoms with Gasteiger partial charge in [0.25, 0.3) is 0 Å². The predicted octanol–water partition coefficient (Wildman–Crippen LogP) is 3.47. The van der Waals surface area contributed by atoms with E-state index in [1.807, 2.05) is 48.5 Å². The highest BCUT2D eigenvalue weighted by Gasteiger charge is 2.44. The molecule has 0 unspecified atom stereocenters. The molecule has 0 radical (unpaired) electrons. The van der Waals surface area contributed by atoms with Gasteiger partial charge in [-0.15, -0.1) is 0 Å². The summed E-state index contributed by atoms with van der Waals surface area (Å²) in [5.41, 5.74) is 2.25. The van der Waals surface area contributed by atoms with Gasteiger partial charge in [0.15, 0.2) is 11.5 Å². The molecular formula is C20H23NO3. The first-order valence-corrected chi connectivity index (χ1v) is 8.16. The third-order valence-electron chi connectivity index (χ3n) is 4.40. The lowest BCUT2D eigenvalue weighted by molar-refractivity contribution is -0.130. The minimum Gasteiger partial charge on any atom is -0.493 e. The van der Waals surface area contributed by atoms with E-state index in [0.29, 0.717) is 12.4 Å². The van der Waals surface area contributed by atoms with Crippen LogP contribution < -0.4 is 9.47 Å². The fourth-order valence-corrected chi connectivity index (χ4v) is 2.94. The van der Waals surface area contributed by atoms with Crippen LogP contribution in [0.1, 0.15) is 23.5 Å². The van der Waals surface area contributed by atoms with Crippen molar-refractivity contribution in [2.45, 2.75) is 18.9 Å². The van der Waals surface area contributed by atoms with E-state index >= 15 is 0 Å². The molecule has 2 aromatic rings. The van der Waals surface area contributed by atoms with E-state index < -0.39 is 0 Å². The summed E-state index contributed by atoms with van der Waals surface area (Å²) in [5.74, 6) is 2.02. The predicted molar refractivity (Wildman–Crippen MR) is 93.3 cm³/mol. The second kappa shape index (κ2) is 6.95. The highest BCUT2D eigenvalue weighted by Crippen LogP contribution is 2.49. The van der Waals surface area contributed by atoms with Crippen LogP contribution in [0.4, 0.5) is 0 Å². The van der Waals surface area contributed by atoms with Gasteiger partial charge in [0.05, 0.1) is 7.11 Å². The Morgan fingerprint density at radius 2 is 1.88 bits per heavy atom.